The second kappa shape index (κ2) is 6.89. The highest BCUT2D eigenvalue weighted by molar-refractivity contribution is 5.77. The largest absolute Gasteiger partial charge is 0.484 e. The highest BCUT2D eigenvalue weighted by Gasteiger charge is 2.33. The molecule has 0 heterocycles. The van der Waals surface area contributed by atoms with Gasteiger partial charge in [-0.25, -0.2) is 0 Å². The maximum atomic E-state index is 12.5. The first-order valence-corrected chi connectivity index (χ1v) is 6.17. The molecule has 22 heavy (non-hydrogen) atoms. The molecule has 0 N–H and O–H groups in total. The van der Waals surface area contributed by atoms with Crippen LogP contribution in [0.5, 0.6) is 5.75 Å². The molecule has 1 amide bonds. The zero-order chi connectivity index (χ0) is 17.0. The van der Waals surface area contributed by atoms with Crippen LogP contribution in [-0.4, -0.2) is 36.7 Å². The number of likely N-dealkylation sites (N-methyl/N-ethyl adjacent to an activating group) is 1. The van der Waals surface area contributed by atoms with Gasteiger partial charge in [0.15, 0.2) is 6.61 Å². The SMILES string of the molecule is CCN(CC(F)(F)F)C(=O)COc1cccc(C(F)(F)F)c1. The Kier molecular flexibility index (Phi) is 5.67. The molecule has 0 fully saturated rings. The van der Waals surface area contributed by atoms with Crippen LogP contribution in [0.3, 0.4) is 0 Å². The first-order chi connectivity index (χ1) is 10.0. The molecule has 0 aliphatic rings. The molecule has 1 aromatic carbocycles. The Balaban J connectivity index is 2.67. The Morgan fingerprint density at radius 2 is 1.82 bits per heavy atom. The molecule has 3 nitrogen and oxygen atoms in total. The molecule has 0 bridgehead atoms. The molecule has 1 rings (SSSR count). The van der Waals surface area contributed by atoms with Gasteiger partial charge in [0, 0.05) is 6.54 Å². The predicted octanol–water partition coefficient (Wildman–Crippen LogP) is 3.50. The lowest BCUT2D eigenvalue weighted by molar-refractivity contribution is -0.161. The van der Waals surface area contributed by atoms with Crippen LogP contribution in [0.25, 0.3) is 0 Å². The number of alkyl halides is 6. The standard InChI is InChI=1S/C13H13F6NO2/c1-2-20(8-12(14,15)16)11(21)7-22-10-5-3-4-9(6-10)13(17,18)19/h3-6H,2,7-8H2,1H3. The number of benzene rings is 1. The van der Waals surface area contributed by atoms with Crippen molar-refractivity contribution in [2.75, 3.05) is 19.7 Å². The van der Waals surface area contributed by atoms with E-state index in [0.717, 1.165) is 12.1 Å². The summed E-state index contributed by atoms with van der Waals surface area (Å²) < 4.78 is 79.0. The van der Waals surface area contributed by atoms with Crippen LogP contribution in [0.4, 0.5) is 26.3 Å². The van der Waals surface area contributed by atoms with Crippen LogP contribution in [0.2, 0.25) is 0 Å². The number of hydrogen-bond acceptors (Lipinski definition) is 2. The molecule has 0 aliphatic heterocycles. The molecule has 124 valence electrons. The van der Waals surface area contributed by atoms with Gasteiger partial charge in [0.1, 0.15) is 12.3 Å². The summed E-state index contributed by atoms with van der Waals surface area (Å²) in [5.74, 6) is -1.21. The topological polar surface area (TPSA) is 29.5 Å². The fourth-order valence-electron chi connectivity index (χ4n) is 1.59. The van der Waals surface area contributed by atoms with Gasteiger partial charge >= 0.3 is 12.4 Å². The van der Waals surface area contributed by atoms with Crippen LogP contribution >= 0.6 is 0 Å². The van der Waals surface area contributed by atoms with Crippen LogP contribution < -0.4 is 4.74 Å². The molecular formula is C13H13F6NO2. The van der Waals surface area contributed by atoms with E-state index in [-0.39, 0.29) is 12.3 Å². The zero-order valence-corrected chi connectivity index (χ0v) is 11.5. The minimum atomic E-state index is -4.57. The van der Waals surface area contributed by atoms with E-state index in [1.54, 1.807) is 0 Å². The molecule has 9 heteroatoms. The lowest BCUT2D eigenvalue weighted by Crippen LogP contribution is -2.41. The molecule has 0 aromatic heterocycles. The van der Waals surface area contributed by atoms with Crippen molar-refractivity contribution in [3.8, 4) is 5.75 Å². The molecule has 0 atom stereocenters. The van der Waals surface area contributed by atoms with Crippen LogP contribution in [0.15, 0.2) is 24.3 Å². The smallest absolute Gasteiger partial charge is 0.416 e. The van der Waals surface area contributed by atoms with Crippen molar-refractivity contribution in [2.24, 2.45) is 0 Å². The van der Waals surface area contributed by atoms with Gasteiger partial charge in [-0.15, -0.1) is 0 Å². The molecule has 0 aliphatic carbocycles. The van der Waals surface area contributed by atoms with Crippen LogP contribution in [-0.2, 0) is 11.0 Å². The first-order valence-electron chi connectivity index (χ1n) is 6.17. The average molecular weight is 329 g/mol. The summed E-state index contributed by atoms with van der Waals surface area (Å²) in [4.78, 5) is 12.1. The molecular weight excluding hydrogens is 316 g/mol. The van der Waals surface area contributed by atoms with Gasteiger partial charge in [-0.05, 0) is 25.1 Å². The summed E-state index contributed by atoms with van der Waals surface area (Å²) in [6.07, 6.45) is -9.13. The number of rotatable bonds is 5. The summed E-state index contributed by atoms with van der Waals surface area (Å²) in [5, 5.41) is 0. The lowest BCUT2D eigenvalue weighted by Gasteiger charge is -2.22. The summed E-state index contributed by atoms with van der Waals surface area (Å²) in [6, 6.07) is 3.75. The van der Waals surface area contributed by atoms with E-state index in [4.69, 9.17) is 4.74 Å². The van der Waals surface area contributed by atoms with Gasteiger partial charge in [0.05, 0.1) is 5.56 Å². The average Bonchev–Trinajstić information content (AvgIpc) is 2.40. The Morgan fingerprint density at radius 3 is 2.32 bits per heavy atom. The molecule has 0 unspecified atom stereocenters. The Bertz CT molecular complexity index is 512. The third-order valence-corrected chi connectivity index (χ3v) is 2.63. The van der Waals surface area contributed by atoms with Gasteiger partial charge in [-0.2, -0.15) is 26.3 Å². The van der Waals surface area contributed by atoms with Gasteiger partial charge in [-0.3, -0.25) is 4.79 Å². The summed E-state index contributed by atoms with van der Waals surface area (Å²) in [7, 11) is 0. The van der Waals surface area contributed by atoms with Crippen molar-refractivity contribution >= 4 is 5.91 Å². The van der Waals surface area contributed by atoms with Crippen LogP contribution in [0, 0.1) is 0 Å². The normalized spacial score (nSPS) is 12.1. The van der Waals surface area contributed by atoms with Crippen molar-refractivity contribution in [1.82, 2.24) is 4.90 Å². The molecule has 1 aromatic rings. The first kappa shape index (κ1) is 18.1. The fraction of sp³-hybridized carbons (Fsp3) is 0.462. The maximum absolute atomic E-state index is 12.5. The van der Waals surface area contributed by atoms with Crippen LogP contribution in [0.1, 0.15) is 12.5 Å². The number of halogens is 6. The van der Waals surface area contributed by atoms with Crippen molar-refractivity contribution in [1.29, 1.82) is 0 Å². The molecule has 0 saturated carbocycles. The molecule has 0 radical (unpaired) electrons. The highest BCUT2D eigenvalue weighted by Crippen LogP contribution is 2.31. The van der Waals surface area contributed by atoms with Crippen molar-refractivity contribution in [2.45, 2.75) is 19.3 Å². The second-order valence-electron chi connectivity index (χ2n) is 4.34. The van der Waals surface area contributed by atoms with E-state index in [0.29, 0.717) is 11.0 Å². The van der Waals surface area contributed by atoms with Crippen molar-refractivity contribution < 1.29 is 35.9 Å². The number of nitrogens with zero attached hydrogens (tertiary/aromatic N) is 1. The van der Waals surface area contributed by atoms with Gasteiger partial charge in [0.25, 0.3) is 5.91 Å². The molecule has 0 spiro atoms. The fourth-order valence-corrected chi connectivity index (χ4v) is 1.59. The third-order valence-electron chi connectivity index (χ3n) is 2.63. The molecule has 0 saturated heterocycles. The lowest BCUT2D eigenvalue weighted by atomic mass is 10.2. The van der Waals surface area contributed by atoms with E-state index < -0.39 is 37.0 Å². The zero-order valence-electron chi connectivity index (χ0n) is 11.5. The van der Waals surface area contributed by atoms with Crippen molar-refractivity contribution in [3.05, 3.63) is 29.8 Å². The minimum Gasteiger partial charge on any atom is -0.484 e. The minimum absolute atomic E-state index is 0.190. The maximum Gasteiger partial charge on any atom is 0.416 e. The quantitative estimate of drug-likeness (QED) is 0.774. The monoisotopic (exact) mass is 329 g/mol. The predicted molar refractivity (Wildman–Crippen MR) is 65.2 cm³/mol. The number of carbonyl (C=O) groups is 1. The Hall–Kier alpha value is -1.93. The number of carbonyl (C=O) groups excluding carboxylic acids is 1. The van der Waals surface area contributed by atoms with Crippen molar-refractivity contribution in [3.63, 3.8) is 0 Å². The van der Waals surface area contributed by atoms with Gasteiger partial charge in [0.2, 0.25) is 0 Å². The Morgan fingerprint density at radius 1 is 1.18 bits per heavy atom. The number of ether oxygens (including phenoxy) is 1. The summed E-state index contributed by atoms with van der Waals surface area (Å²) in [6.45, 7) is -1.04. The summed E-state index contributed by atoms with van der Waals surface area (Å²) in [5.41, 5.74) is -0.972. The van der Waals surface area contributed by atoms with E-state index in [9.17, 15) is 31.1 Å². The summed E-state index contributed by atoms with van der Waals surface area (Å²) >= 11 is 0. The van der Waals surface area contributed by atoms with E-state index in [1.165, 1.54) is 13.0 Å². The second-order valence-corrected chi connectivity index (χ2v) is 4.34. The number of hydrogen-bond donors (Lipinski definition) is 0. The number of amides is 1. The van der Waals surface area contributed by atoms with Gasteiger partial charge in [-0.1, -0.05) is 6.07 Å². The highest BCUT2D eigenvalue weighted by atomic mass is 19.4. The Labute approximate surface area is 122 Å². The third kappa shape index (κ3) is 5.82. The van der Waals surface area contributed by atoms with Gasteiger partial charge < -0.3 is 9.64 Å². The van der Waals surface area contributed by atoms with E-state index in [1.807, 2.05) is 0 Å². The van der Waals surface area contributed by atoms with E-state index >= 15 is 0 Å². The van der Waals surface area contributed by atoms with E-state index in [2.05, 4.69) is 0 Å².